The van der Waals surface area contributed by atoms with E-state index >= 15 is 0 Å². The molecule has 3 nitrogen and oxygen atoms in total. The Bertz CT molecular complexity index is 509. The average Bonchev–Trinajstić information content (AvgIpc) is 3.09. The van der Waals surface area contributed by atoms with Gasteiger partial charge < -0.3 is 10.6 Å². The SMILES string of the molecule is O=C1Nc2c(cccc2C(F)(F)F)C(C2CC2)N1. The molecule has 0 radical (unpaired) electrons. The van der Waals surface area contributed by atoms with Crippen molar-refractivity contribution < 1.29 is 18.0 Å². The number of fused-ring (bicyclic) bond motifs is 1. The van der Waals surface area contributed by atoms with Gasteiger partial charge in [0.2, 0.25) is 0 Å². The van der Waals surface area contributed by atoms with E-state index in [0.29, 0.717) is 5.56 Å². The molecule has 0 aromatic heterocycles. The van der Waals surface area contributed by atoms with Crippen molar-refractivity contribution in [2.24, 2.45) is 5.92 Å². The first-order chi connectivity index (χ1) is 8.47. The van der Waals surface area contributed by atoms with Crippen LogP contribution in [0.5, 0.6) is 0 Å². The number of halogens is 3. The second-order valence-electron chi connectivity index (χ2n) is 4.68. The largest absolute Gasteiger partial charge is 0.418 e. The van der Waals surface area contributed by atoms with Crippen molar-refractivity contribution in [2.45, 2.75) is 25.1 Å². The summed E-state index contributed by atoms with van der Waals surface area (Å²) in [6.45, 7) is 0. The van der Waals surface area contributed by atoms with Gasteiger partial charge in [0.1, 0.15) is 0 Å². The summed E-state index contributed by atoms with van der Waals surface area (Å²) in [5.41, 5.74) is -0.335. The van der Waals surface area contributed by atoms with E-state index in [1.165, 1.54) is 6.07 Å². The van der Waals surface area contributed by atoms with Crippen LogP contribution >= 0.6 is 0 Å². The monoisotopic (exact) mass is 256 g/mol. The lowest BCUT2D eigenvalue weighted by Gasteiger charge is -2.29. The predicted molar refractivity (Wildman–Crippen MR) is 59.1 cm³/mol. The van der Waals surface area contributed by atoms with Crippen LogP contribution in [-0.4, -0.2) is 6.03 Å². The molecule has 0 spiro atoms. The lowest BCUT2D eigenvalue weighted by Crippen LogP contribution is -2.39. The zero-order chi connectivity index (χ0) is 12.9. The smallest absolute Gasteiger partial charge is 0.331 e. The number of amides is 2. The standard InChI is InChI=1S/C12H11F3N2O/c13-12(14,15)8-3-1-2-7-9(6-4-5-6)16-11(18)17-10(7)8/h1-3,6,9H,4-5H2,(H2,16,17,18). The van der Waals surface area contributed by atoms with Crippen LogP contribution in [0, 0.1) is 5.92 Å². The minimum atomic E-state index is -4.45. The van der Waals surface area contributed by atoms with Crippen LogP contribution in [0.4, 0.5) is 23.7 Å². The van der Waals surface area contributed by atoms with Crippen molar-refractivity contribution in [3.8, 4) is 0 Å². The number of hydrogen-bond acceptors (Lipinski definition) is 1. The Hall–Kier alpha value is -1.72. The Morgan fingerprint density at radius 3 is 2.56 bits per heavy atom. The summed E-state index contributed by atoms with van der Waals surface area (Å²) in [5, 5.41) is 4.97. The number of rotatable bonds is 1. The Morgan fingerprint density at radius 2 is 1.94 bits per heavy atom. The number of carbonyl (C=O) groups is 1. The van der Waals surface area contributed by atoms with Crippen LogP contribution in [0.1, 0.15) is 30.0 Å². The summed E-state index contributed by atoms with van der Waals surface area (Å²) in [7, 11) is 0. The fourth-order valence-corrected chi connectivity index (χ4v) is 2.38. The fourth-order valence-electron chi connectivity index (χ4n) is 2.38. The number of para-hydroxylation sites is 1. The highest BCUT2D eigenvalue weighted by Crippen LogP contribution is 2.47. The third-order valence-corrected chi connectivity index (χ3v) is 3.36. The van der Waals surface area contributed by atoms with E-state index < -0.39 is 17.8 Å². The number of carbonyl (C=O) groups excluding carboxylic acids is 1. The predicted octanol–water partition coefficient (Wildman–Crippen LogP) is 3.29. The maximum atomic E-state index is 12.9. The van der Waals surface area contributed by atoms with Crippen LogP contribution < -0.4 is 10.6 Å². The lowest BCUT2D eigenvalue weighted by molar-refractivity contribution is -0.137. The third-order valence-electron chi connectivity index (χ3n) is 3.36. The zero-order valence-electron chi connectivity index (χ0n) is 9.34. The van der Waals surface area contributed by atoms with Gasteiger partial charge in [0.25, 0.3) is 0 Å². The quantitative estimate of drug-likeness (QED) is 0.795. The Morgan fingerprint density at radius 1 is 1.22 bits per heavy atom. The van der Waals surface area contributed by atoms with Gasteiger partial charge in [0.05, 0.1) is 17.3 Å². The molecule has 6 heteroatoms. The van der Waals surface area contributed by atoms with E-state index in [4.69, 9.17) is 0 Å². The van der Waals surface area contributed by atoms with Crippen LogP contribution in [0.3, 0.4) is 0 Å². The number of benzene rings is 1. The van der Waals surface area contributed by atoms with Crippen molar-refractivity contribution >= 4 is 11.7 Å². The van der Waals surface area contributed by atoms with Crippen LogP contribution in [-0.2, 0) is 6.18 Å². The second-order valence-corrected chi connectivity index (χ2v) is 4.68. The Balaban J connectivity index is 2.11. The molecule has 1 heterocycles. The molecule has 1 unspecified atom stereocenters. The summed E-state index contributed by atoms with van der Waals surface area (Å²) >= 11 is 0. The summed E-state index contributed by atoms with van der Waals surface area (Å²) in [4.78, 5) is 11.5. The molecule has 0 bridgehead atoms. The Labute approximate surface area is 101 Å². The molecular formula is C12H11F3N2O. The second kappa shape index (κ2) is 3.63. The highest BCUT2D eigenvalue weighted by atomic mass is 19.4. The molecule has 2 amide bonds. The van der Waals surface area contributed by atoms with Crippen molar-refractivity contribution in [1.82, 2.24) is 5.32 Å². The van der Waals surface area contributed by atoms with E-state index in [-0.39, 0.29) is 17.6 Å². The number of anilines is 1. The Kier molecular flexibility index (Phi) is 2.30. The summed E-state index contributed by atoms with van der Waals surface area (Å²) in [6.07, 6.45) is -2.56. The van der Waals surface area contributed by atoms with Crippen LogP contribution in [0.25, 0.3) is 0 Å². The molecule has 2 N–H and O–H groups in total. The van der Waals surface area contributed by atoms with E-state index in [1.807, 2.05) is 0 Å². The highest BCUT2D eigenvalue weighted by molar-refractivity contribution is 5.94. The van der Waals surface area contributed by atoms with Crippen molar-refractivity contribution in [1.29, 1.82) is 0 Å². The molecule has 2 aliphatic rings. The molecule has 1 saturated carbocycles. The van der Waals surface area contributed by atoms with Gasteiger partial charge in [-0.2, -0.15) is 13.2 Å². The topological polar surface area (TPSA) is 41.1 Å². The number of nitrogens with one attached hydrogen (secondary N) is 2. The van der Waals surface area contributed by atoms with E-state index in [9.17, 15) is 18.0 Å². The van der Waals surface area contributed by atoms with E-state index in [2.05, 4.69) is 10.6 Å². The lowest BCUT2D eigenvalue weighted by atomic mass is 9.95. The van der Waals surface area contributed by atoms with E-state index in [1.54, 1.807) is 6.07 Å². The van der Waals surface area contributed by atoms with Gasteiger partial charge in [0.15, 0.2) is 0 Å². The molecule has 96 valence electrons. The maximum absolute atomic E-state index is 12.9. The van der Waals surface area contributed by atoms with Gasteiger partial charge in [-0.05, 0) is 30.4 Å². The molecule has 0 saturated heterocycles. The molecule has 18 heavy (non-hydrogen) atoms. The first kappa shape index (κ1) is 11.4. The normalized spacial score (nSPS) is 23.1. The van der Waals surface area contributed by atoms with Crippen molar-refractivity contribution in [2.75, 3.05) is 5.32 Å². The van der Waals surface area contributed by atoms with Gasteiger partial charge in [-0.25, -0.2) is 4.79 Å². The summed E-state index contributed by atoms with van der Waals surface area (Å²) in [6, 6.07) is 3.16. The molecule has 3 rings (SSSR count). The minimum absolute atomic E-state index is 0.0920. The molecule has 1 aliphatic carbocycles. The third kappa shape index (κ3) is 1.81. The van der Waals surface area contributed by atoms with Gasteiger partial charge in [0, 0.05) is 0 Å². The molecule has 1 aromatic carbocycles. The molecule has 1 aliphatic heterocycles. The first-order valence-electron chi connectivity index (χ1n) is 5.74. The molecular weight excluding hydrogens is 245 g/mol. The van der Waals surface area contributed by atoms with Gasteiger partial charge in [-0.3, -0.25) is 0 Å². The molecule has 1 fully saturated rings. The number of urea groups is 1. The first-order valence-corrected chi connectivity index (χ1v) is 5.74. The number of hydrogen-bond donors (Lipinski definition) is 2. The molecule has 1 atom stereocenters. The van der Waals surface area contributed by atoms with Gasteiger partial charge in [-0.1, -0.05) is 12.1 Å². The maximum Gasteiger partial charge on any atom is 0.418 e. The van der Waals surface area contributed by atoms with Crippen LogP contribution in [0.15, 0.2) is 18.2 Å². The summed E-state index contributed by atoms with van der Waals surface area (Å²) in [5.74, 6) is 0.262. The van der Waals surface area contributed by atoms with Crippen molar-refractivity contribution in [3.05, 3.63) is 29.3 Å². The van der Waals surface area contributed by atoms with Gasteiger partial charge in [-0.15, -0.1) is 0 Å². The zero-order valence-corrected chi connectivity index (χ0v) is 9.34. The highest BCUT2D eigenvalue weighted by Gasteiger charge is 2.41. The van der Waals surface area contributed by atoms with E-state index in [0.717, 1.165) is 18.9 Å². The van der Waals surface area contributed by atoms with Crippen molar-refractivity contribution in [3.63, 3.8) is 0 Å². The minimum Gasteiger partial charge on any atom is -0.331 e. The fraction of sp³-hybridized carbons (Fsp3) is 0.417. The average molecular weight is 256 g/mol. The van der Waals surface area contributed by atoms with Gasteiger partial charge >= 0.3 is 12.2 Å². The van der Waals surface area contributed by atoms with Crippen LogP contribution in [0.2, 0.25) is 0 Å². The number of alkyl halides is 3. The molecule has 1 aromatic rings. The summed E-state index contributed by atoms with van der Waals surface area (Å²) < 4.78 is 38.6.